The Morgan fingerprint density at radius 1 is 1.38 bits per heavy atom. The van der Waals surface area contributed by atoms with E-state index < -0.39 is 0 Å². The zero-order valence-electron chi connectivity index (χ0n) is 6.77. The number of hydrogen-bond donors (Lipinski definition) is 1. The summed E-state index contributed by atoms with van der Waals surface area (Å²) in [5.74, 6) is 0.796. The average molecular weight is 306 g/mol. The zero-order chi connectivity index (χ0) is 9.42. The highest BCUT2D eigenvalue weighted by atomic mass is 79.9. The van der Waals surface area contributed by atoms with Gasteiger partial charge in [-0.05, 0) is 28.1 Å². The summed E-state index contributed by atoms with van der Waals surface area (Å²) in [6.45, 7) is 0. The molecular weight excluding hydrogens is 300 g/mol. The van der Waals surface area contributed by atoms with Crippen molar-refractivity contribution in [3.8, 4) is 5.75 Å². The standard InChI is InChI=1S/C8H6Br2N2O/c1-13-6-3-4(9)2-5-7(6)8(10)12-11-5/h2-3H,1H3,(H,11,12). The smallest absolute Gasteiger partial charge is 0.132 e. The number of ether oxygens (including phenoxy) is 1. The van der Waals surface area contributed by atoms with E-state index in [1.165, 1.54) is 0 Å². The lowest BCUT2D eigenvalue weighted by Gasteiger charge is -2.01. The van der Waals surface area contributed by atoms with Gasteiger partial charge in [-0.2, -0.15) is 5.10 Å². The van der Waals surface area contributed by atoms with Crippen LogP contribution < -0.4 is 4.74 Å². The summed E-state index contributed by atoms with van der Waals surface area (Å²) in [5, 5.41) is 7.91. The molecule has 1 aromatic carbocycles. The molecule has 0 atom stereocenters. The molecule has 1 heterocycles. The molecule has 1 N–H and O–H groups in total. The zero-order valence-corrected chi connectivity index (χ0v) is 9.94. The van der Waals surface area contributed by atoms with Crippen LogP contribution in [-0.2, 0) is 0 Å². The molecule has 0 saturated carbocycles. The highest BCUT2D eigenvalue weighted by Crippen LogP contribution is 2.33. The Hall–Kier alpha value is -0.550. The van der Waals surface area contributed by atoms with E-state index in [1.54, 1.807) is 7.11 Å². The molecule has 0 aliphatic rings. The van der Waals surface area contributed by atoms with Crippen LogP contribution in [0.4, 0.5) is 0 Å². The Balaban J connectivity index is 2.85. The first kappa shape index (κ1) is 9.02. The fourth-order valence-electron chi connectivity index (χ4n) is 1.20. The van der Waals surface area contributed by atoms with E-state index in [1.807, 2.05) is 12.1 Å². The maximum absolute atomic E-state index is 5.23. The van der Waals surface area contributed by atoms with E-state index in [0.717, 1.165) is 25.7 Å². The van der Waals surface area contributed by atoms with E-state index >= 15 is 0 Å². The first-order valence-electron chi connectivity index (χ1n) is 3.59. The topological polar surface area (TPSA) is 37.9 Å². The molecule has 2 rings (SSSR count). The van der Waals surface area contributed by atoms with Crippen molar-refractivity contribution in [2.45, 2.75) is 0 Å². The largest absolute Gasteiger partial charge is 0.496 e. The number of halogens is 2. The summed E-state index contributed by atoms with van der Waals surface area (Å²) in [4.78, 5) is 0. The Kier molecular flexibility index (Phi) is 2.29. The normalized spacial score (nSPS) is 10.7. The van der Waals surface area contributed by atoms with E-state index in [2.05, 4.69) is 42.1 Å². The monoisotopic (exact) mass is 304 g/mol. The van der Waals surface area contributed by atoms with Crippen LogP contribution in [0.25, 0.3) is 10.9 Å². The predicted octanol–water partition coefficient (Wildman–Crippen LogP) is 3.10. The third-order valence-electron chi connectivity index (χ3n) is 1.76. The van der Waals surface area contributed by atoms with Crippen molar-refractivity contribution in [1.29, 1.82) is 0 Å². The number of hydrogen-bond acceptors (Lipinski definition) is 2. The van der Waals surface area contributed by atoms with Crippen LogP contribution in [0.2, 0.25) is 0 Å². The van der Waals surface area contributed by atoms with Crippen molar-refractivity contribution in [2.75, 3.05) is 7.11 Å². The molecule has 0 aliphatic carbocycles. The average Bonchev–Trinajstić information content (AvgIpc) is 2.46. The van der Waals surface area contributed by atoms with Gasteiger partial charge < -0.3 is 4.74 Å². The van der Waals surface area contributed by atoms with Gasteiger partial charge in [-0.15, -0.1) is 0 Å². The lowest BCUT2D eigenvalue weighted by Crippen LogP contribution is -1.83. The predicted molar refractivity (Wildman–Crippen MR) is 58.0 cm³/mol. The highest BCUT2D eigenvalue weighted by molar-refractivity contribution is 9.10. The molecule has 0 amide bonds. The number of nitrogens with one attached hydrogen (secondary N) is 1. The molecule has 1 aromatic heterocycles. The number of nitrogens with zero attached hydrogens (tertiary/aromatic N) is 1. The molecule has 0 bridgehead atoms. The first-order chi connectivity index (χ1) is 6.22. The third kappa shape index (κ3) is 1.46. The molecule has 13 heavy (non-hydrogen) atoms. The maximum Gasteiger partial charge on any atom is 0.132 e. The molecule has 3 nitrogen and oxygen atoms in total. The summed E-state index contributed by atoms with van der Waals surface area (Å²) in [5.41, 5.74) is 0.873. The molecule has 2 aromatic rings. The van der Waals surface area contributed by atoms with E-state index in [9.17, 15) is 0 Å². The van der Waals surface area contributed by atoms with Crippen molar-refractivity contribution in [3.05, 3.63) is 21.2 Å². The first-order valence-corrected chi connectivity index (χ1v) is 5.18. The molecule has 0 fully saturated rings. The van der Waals surface area contributed by atoms with Crippen LogP contribution in [0.5, 0.6) is 5.75 Å². The number of aromatic nitrogens is 2. The van der Waals surface area contributed by atoms with Crippen LogP contribution in [0.3, 0.4) is 0 Å². The summed E-state index contributed by atoms with van der Waals surface area (Å²) in [6, 6.07) is 3.84. The van der Waals surface area contributed by atoms with Crippen molar-refractivity contribution >= 4 is 42.8 Å². The minimum atomic E-state index is 0.796. The van der Waals surface area contributed by atoms with Gasteiger partial charge in [-0.25, -0.2) is 0 Å². The van der Waals surface area contributed by atoms with Crippen molar-refractivity contribution in [1.82, 2.24) is 10.2 Å². The van der Waals surface area contributed by atoms with E-state index in [0.29, 0.717) is 0 Å². The summed E-state index contributed by atoms with van der Waals surface area (Å²) in [6.07, 6.45) is 0. The second-order valence-electron chi connectivity index (χ2n) is 2.54. The van der Waals surface area contributed by atoms with E-state index in [4.69, 9.17) is 4.74 Å². The highest BCUT2D eigenvalue weighted by Gasteiger charge is 2.09. The number of aromatic amines is 1. The molecular formula is C8H6Br2N2O. The van der Waals surface area contributed by atoms with Gasteiger partial charge in [0.25, 0.3) is 0 Å². The second-order valence-corrected chi connectivity index (χ2v) is 4.25. The minimum absolute atomic E-state index is 0.796. The van der Waals surface area contributed by atoms with Gasteiger partial charge in [0.1, 0.15) is 10.4 Å². The van der Waals surface area contributed by atoms with Gasteiger partial charge in [-0.1, -0.05) is 15.9 Å². The number of H-pyrrole nitrogens is 1. The molecule has 0 saturated heterocycles. The number of rotatable bonds is 1. The Morgan fingerprint density at radius 2 is 2.15 bits per heavy atom. The molecule has 5 heteroatoms. The summed E-state index contributed by atoms with van der Waals surface area (Å²) >= 11 is 6.75. The van der Waals surface area contributed by atoms with E-state index in [-0.39, 0.29) is 0 Å². The molecule has 0 unspecified atom stereocenters. The lowest BCUT2D eigenvalue weighted by molar-refractivity contribution is 0.419. The Labute approximate surface area is 91.7 Å². The summed E-state index contributed by atoms with van der Waals surface area (Å²) < 4.78 is 7.02. The van der Waals surface area contributed by atoms with Gasteiger partial charge in [0.2, 0.25) is 0 Å². The Morgan fingerprint density at radius 3 is 2.85 bits per heavy atom. The molecule has 68 valence electrons. The fourth-order valence-corrected chi connectivity index (χ4v) is 2.11. The van der Waals surface area contributed by atoms with Crippen LogP contribution in [0, 0.1) is 0 Å². The van der Waals surface area contributed by atoms with Crippen LogP contribution in [0.15, 0.2) is 21.2 Å². The van der Waals surface area contributed by atoms with Crippen LogP contribution in [-0.4, -0.2) is 17.3 Å². The maximum atomic E-state index is 5.23. The SMILES string of the molecule is COc1cc(Br)cc2n[nH]c(Br)c12. The fraction of sp³-hybridized carbons (Fsp3) is 0.125. The van der Waals surface area contributed by atoms with Gasteiger partial charge in [0.15, 0.2) is 0 Å². The number of methoxy groups -OCH3 is 1. The summed E-state index contributed by atoms with van der Waals surface area (Å²) in [7, 11) is 1.64. The quantitative estimate of drug-likeness (QED) is 0.879. The third-order valence-corrected chi connectivity index (χ3v) is 2.79. The Bertz CT molecular complexity index is 453. The van der Waals surface area contributed by atoms with Crippen molar-refractivity contribution in [2.24, 2.45) is 0 Å². The lowest BCUT2D eigenvalue weighted by atomic mass is 10.2. The molecule has 0 spiro atoms. The van der Waals surface area contributed by atoms with Gasteiger partial charge in [0, 0.05) is 4.47 Å². The van der Waals surface area contributed by atoms with Gasteiger partial charge in [-0.3, -0.25) is 5.10 Å². The number of fused-ring (bicyclic) bond motifs is 1. The van der Waals surface area contributed by atoms with Crippen molar-refractivity contribution < 1.29 is 4.74 Å². The van der Waals surface area contributed by atoms with Crippen molar-refractivity contribution in [3.63, 3.8) is 0 Å². The van der Waals surface area contributed by atoms with Crippen LogP contribution in [0.1, 0.15) is 0 Å². The molecule has 0 radical (unpaired) electrons. The van der Waals surface area contributed by atoms with Gasteiger partial charge >= 0.3 is 0 Å². The minimum Gasteiger partial charge on any atom is -0.496 e. The second kappa shape index (κ2) is 3.31. The number of benzene rings is 1. The molecule has 0 aliphatic heterocycles. The van der Waals surface area contributed by atoms with Crippen LogP contribution >= 0.6 is 31.9 Å². The van der Waals surface area contributed by atoms with Gasteiger partial charge in [0.05, 0.1) is 18.0 Å².